The molecule has 3 saturated carbocycles. The molecule has 3 fully saturated rings. The lowest BCUT2D eigenvalue weighted by Gasteiger charge is -2.58. The molecule has 7 rings (SSSR count). The molecule has 4 aliphatic carbocycles. The summed E-state index contributed by atoms with van der Waals surface area (Å²) in [7, 11) is 3.25. The summed E-state index contributed by atoms with van der Waals surface area (Å²) in [5.41, 5.74) is 3.47. The van der Waals surface area contributed by atoms with Gasteiger partial charge in [0.15, 0.2) is 0 Å². The fourth-order valence-electron chi connectivity index (χ4n) is 13.5. The SMILES string of the molecule is COc1ccc(COC(c2ccccc2)(c2ccc(OC)cc2)C(CO)NC(=O)CCCCCNC(=O)OC2CCC3(C)C(=CCC4C3CCC3(C)C(C(C)CCCC(C)C)CCC43)C2)cc1. The molecule has 0 spiro atoms. The molecule has 3 N–H and O–H groups in total. The highest BCUT2D eigenvalue weighted by Crippen LogP contribution is 2.67. The Kier molecular flexibility index (Phi) is 17.2. The molecule has 2 amide bonds. The number of alkyl carbamates (subject to hydrolysis) is 1. The largest absolute Gasteiger partial charge is 0.497 e. The summed E-state index contributed by atoms with van der Waals surface area (Å²) < 4.78 is 23.8. The lowest BCUT2D eigenvalue weighted by molar-refractivity contribution is -0.127. The third-order valence-corrected chi connectivity index (χ3v) is 17.2. The van der Waals surface area contributed by atoms with Gasteiger partial charge in [0.1, 0.15) is 23.2 Å². The van der Waals surface area contributed by atoms with Crippen LogP contribution in [0.4, 0.5) is 4.79 Å². The van der Waals surface area contributed by atoms with E-state index < -0.39 is 11.6 Å². The number of nitrogens with one attached hydrogen (secondary N) is 2. The molecule has 3 aromatic carbocycles. The van der Waals surface area contributed by atoms with Crippen molar-refractivity contribution < 1.29 is 33.6 Å². The summed E-state index contributed by atoms with van der Waals surface area (Å²) in [6, 6.07) is 24.1. The molecule has 0 aliphatic heterocycles. The second-order valence-electron chi connectivity index (χ2n) is 21.6. The first-order valence-electron chi connectivity index (χ1n) is 25.9. The minimum atomic E-state index is -1.24. The number of aliphatic hydroxyl groups excluding tert-OH is 1. The number of carbonyl (C=O) groups is 2. The fourth-order valence-corrected chi connectivity index (χ4v) is 13.5. The number of unbranched alkanes of at least 4 members (excludes halogenated alkanes) is 2. The van der Waals surface area contributed by atoms with Crippen LogP contribution in [0.2, 0.25) is 0 Å². The van der Waals surface area contributed by atoms with Gasteiger partial charge in [0.25, 0.3) is 0 Å². The minimum absolute atomic E-state index is 0.0865. The Balaban J connectivity index is 0.882. The van der Waals surface area contributed by atoms with Crippen molar-refractivity contribution in [2.75, 3.05) is 27.4 Å². The van der Waals surface area contributed by atoms with Crippen LogP contribution in [0.25, 0.3) is 0 Å². The van der Waals surface area contributed by atoms with Crippen LogP contribution in [0, 0.1) is 46.3 Å². The number of amides is 2. The van der Waals surface area contributed by atoms with E-state index in [9.17, 15) is 14.7 Å². The summed E-state index contributed by atoms with van der Waals surface area (Å²) in [5, 5.41) is 17.2. The van der Waals surface area contributed by atoms with Gasteiger partial charge in [-0.05, 0) is 145 Å². The maximum atomic E-state index is 13.7. The Bertz CT molecular complexity index is 2070. The number of ether oxygens (including phenoxy) is 4. The van der Waals surface area contributed by atoms with Gasteiger partial charge in [-0.3, -0.25) is 4.79 Å². The zero-order valence-corrected chi connectivity index (χ0v) is 41.8. The summed E-state index contributed by atoms with van der Waals surface area (Å²) >= 11 is 0. The third kappa shape index (κ3) is 11.4. The summed E-state index contributed by atoms with van der Waals surface area (Å²) in [5.74, 6) is 6.10. The number of methoxy groups -OCH3 is 2. The Hall–Kier alpha value is -4.34. The molecule has 0 heterocycles. The molecular formula is C58H82N2O7. The van der Waals surface area contributed by atoms with Crippen LogP contribution in [0.1, 0.15) is 148 Å². The summed E-state index contributed by atoms with van der Waals surface area (Å²) in [6.45, 7) is 12.8. The van der Waals surface area contributed by atoms with Crippen molar-refractivity contribution in [3.8, 4) is 11.5 Å². The Morgan fingerprint density at radius 2 is 1.49 bits per heavy atom. The molecule has 9 heteroatoms. The van der Waals surface area contributed by atoms with Crippen molar-refractivity contribution >= 4 is 12.0 Å². The lowest BCUT2D eigenvalue weighted by atomic mass is 9.47. The lowest BCUT2D eigenvalue weighted by Crippen LogP contribution is -2.55. The van der Waals surface area contributed by atoms with Crippen LogP contribution in [0.15, 0.2) is 90.5 Å². The zero-order valence-electron chi connectivity index (χ0n) is 41.8. The van der Waals surface area contributed by atoms with Crippen molar-refractivity contribution in [2.45, 2.75) is 155 Å². The molecule has 0 radical (unpaired) electrons. The van der Waals surface area contributed by atoms with E-state index in [0.29, 0.717) is 24.1 Å². The van der Waals surface area contributed by atoms with Gasteiger partial charge in [-0.2, -0.15) is 0 Å². The number of rotatable bonds is 22. The Morgan fingerprint density at radius 3 is 2.18 bits per heavy atom. The number of hydrogen-bond acceptors (Lipinski definition) is 7. The number of allylic oxidation sites excluding steroid dienone is 1. The van der Waals surface area contributed by atoms with E-state index >= 15 is 0 Å². The number of hydrogen-bond donors (Lipinski definition) is 3. The second kappa shape index (κ2) is 22.8. The predicted octanol–water partition coefficient (Wildman–Crippen LogP) is 12.3. The van der Waals surface area contributed by atoms with Crippen molar-refractivity contribution in [1.82, 2.24) is 10.6 Å². The van der Waals surface area contributed by atoms with Crippen LogP contribution in [0.5, 0.6) is 11.5 Å². The molecule has 3 aromatic rings. The molecule has 4 aliphatic rings. The zero-order chi connectivity index (χ0) is 47.6. The van der Waals surface area contributed by atoms with Gasteiger partial charge < -0.3 is 34.7 Å². The molecule has 0 bridgehead atoms. The first-order chi connectivity index (χ1) is 32.3. The monoisotopic (exact) mass is 919 g/mol. The first kappa shape index (κ1) is 50.5. The standard InChI is InChI=1S/C58H82N2O7/c1-40(2)15-14-16-41(3)50-30-31-51-49-29-24-45-37-48(32-34-56(45,4)52(49)33-35-57(50,51)5)67-55(63)59-36-13-9-12-19-54(62)60-53(38-61)58(43-17-10-8-11-18-43,44-22-27-47(65-7)28-23-44)66-39-42-20-25-46(64-6)26-21-42/h8,10-11,17-18,20-28,40-41,48-53,61H,9,12-16,19,29-39H2,1-7H3,(H,59,63)(H,60,62). The van der Waals surface area contributed by atoms with Crippen LogP contribution in [-0.2, 0) is 26.5 Å². The van der Waals surface area contributed by atoms with E-state index in [-0.39, 0.29) is 43.2 Å². The van der Waals surface area contributed by atoms with Crippen LogP contribution in [-0.4, -0.2) is 56.6 Å². The molecule has 366 valence electrons. The van der Waals surface area contributed by atoms with Crippen LogP contribution >= 0.6 is 0 Å². The quantitative estimate of drug-likeness (QED) is 0.0679. The van der Waals surface area contributed by atoms with Crippen molar-refractivity contribution in [1.29, 1.82) is 0 Å². The minimum Gasteiger partial charge on any atom is -0.497 e. The average molecular weight is 919 g/mol. The average Bonchev–Trinajstić information content (AvgIpc) is 3.70. The molecule has 10 unspecified atom stereocenters. The van der Waals surface area contributed by atoms with Gasteiger partial charge in [0.05, 0.1) is 33.5 Å². The Morgan fingerprint density at radius 1 is 0.791 bits per heavy atom. The molecule has 10 atom stereocenters. The summed E-state index contributed by atoms with van der Waals surface area (Å²) in [6.07, 6.45) is 18.2. The van der Waals surface area contributed by atoms with Gasteiger partial charge in [0, 0.05) is 19.4 Å². The molecule has 0 aromatic heterocycles. The van der Waals surface area contributed by atoms with Gasteiger partial charge in [-0.25, -0.2) is 4.79 Å². The molecular weight excluding hydrogens is 837 g/mol. The maximum absolute atomic E-state index is 13.7. The summed E-state index contributed by atoms with van der Waals surface area (Å²) in [4.78, 5) is 26.8. The normalized spacial score (nSPS) is 27.3. The topological polar surface area (TPSA) is 115 Å². The highest BCUT2D eigenvalue weighted by Gasteiger charge is 2.59. The predicted molar refractivity (Wildman–Crippen MR) is 267 cm³/mol. The number of aliphatic hydroxyl groups is 1. The van der Waals surface area contributed by atoms with E-state index in [1.54, 1.807) is 14.2 Å². The highest BCUT2D eigenvalue weighted by molar-refractivity contribution is 5.76. The first-order valence-corrected chi connectivity index (χ1v) is 25.9. The number of fused-ring (bicyclic) bond motifs is 5. The van der Waals surface area contributed by atoms with Gasteiger partial charge >= 0.3 is 6.09 Å². The molecule has 67 heavy (non-hydrogen) atoms. The van der Waals surface area contributed by atoms with Gasteiger partial charge in [-0.1, -0.05) is 127 Å². The smallest absolute Gasteiger partial charge is 0.407 e. The molecule has 0 saturated heterocycles. The van der Waals surface area contributed by atoms with Gasteiger partial charge in [0.2, 0.25) is 5.91 Å². The number of carbonyl (C=O) groups excluding carboxylic acids is 2. The highest BCUT2D eigenvalue weighted by atomic mass is 16.6. The third-order valence-electron chi connectivity index (χ3n) is 17.2. The van der Waals surface area contributed by atoms with E-state index in [1.807, 2.05) is 78.9 Å². The number of benzene rings is 3. The molecule has 9 nitrogen and oxygen atoms in total. The van der Waals surface area contributed by atoms with E-state index in [2.05, 4.69) is 51.3 Å². The van der Waals surface area contributed by atoms with E-state index in [0.717, 1.165) is 90.1 Å². The van der Waals surface area contributed by atoms with Crippen LogP contribution < -0.4 is 20.1 Å². The van der Waals surface area contributed by atoms with Gasteiger partial charge in [-0.15, -0.1) is 0 Å². The van der Waals surface area contributed by atoms with Crippen molar-refractivity contribution in [2.24, 2.45) is 46.3 Å². The second-order valence-corrected chi connectivity index (χ2v) is 21.6. The van der Waals surface area contributed by atoms with E-state index in [1.165, 1.54) is 56.9 Å². The van der Waals surface area contributed by atoms with Crippen LogP contribution in [0.3, 0.4) is 0 Å². The Labute approximate surface area is 402 Å². The van der Waals surface area contributed by atoms with E-state index in [4.69, 9.17) is 18.9 Å². The fraction of sp³-hybridized carbons (Fsp3) is 0.621. The maximum Gasteiger partial charge on any atom is 0.407 e. The van der Waals surface area contributed by atoms with Crippen molar-refractivity contribution in [3.63, 3.8) is 0 Å². The van der Waals surface area contributed by atoms with Crippen molar-refractivity contribution in [3.05, 3.63) is 107 Å².